The summed E-state index contributed by atoms with van der Waals surface area (Å²) in [7, 11) is 1.41. The first kappa shape index (κ1) is 20.2. The van der Waals surface area contributed by atoms with Crippen molar-refractivity contribution in [1.29, 1.82) is 0 Å². The Bertz CT molecular complexity index is 847. The molecule has 3 saturated carbocycles. The predicted molar refractivity (Wildman–Crippen MR) is 107 cm³/mol. The smallest absolute Gasteiger partial charge is 0.312 e. The molecule has 4 fully saturated rings. The van der Waals surface area contributed by atoms with E-state index in [-0.39, 0.29) is 46.3 Å². The molecule has 0 radical (unpaired) electrons. The Balaban J connectivity index is 1.63. The molecule has 1 aliphatic heterocycles. The molecular formula is C24H32O6. The van der Waals surface area contributed by atoms with Crippen LogP contribution in [-0.4, -0.2) is 41.6 Å². The Kier molecular flexibility index (Phi) is 4.32. The van der Waals surface area contributed by atoms with Crippen LogP contribution in [0.15, 0.2) is 11.6 Å². The summed E-state index contributed by atoms with van der Waals surface area (Å²) >= 11 is 0. The summed E-state index contributed by atoms with van der Waals surface area (Å²) in [6.07, 6.45) is 6.34. The van der Waals surface area contributed by atoms with Gasteiger partial charge in [-0.05, 0) is 55.3 Å². The lowest BCUT2D eigenvalue weighted by Crippen LogP contribution is -2.62. The van der Waals surface area contributed by atoms with Gasteiger partial charge < -0.3 is 14.6 Å². The van der Waals surface area contributed by atoms with E-state index in [0.717, 1.165) is 18.4 Å². The third-order valence-corrected chi connectivity index (χ3v) is 9.74. The zero-order valence-electron chi connectivity index (χ0n) is 18.1. The van der Waals surface area contributed by atoms with Gasteiger partial charge in [0.25, 0.3) is 0 Å². The van der Waals surface area contributed by atoms with Gasteiger partial charge in [0, 0.05) is 24.7 Å². The average Bonchev–Trinajstić information content (AvgIpc) is 3.21. The Hall–Kier alpha value is -1.69. The van der Waals surface area contributed by atoms with Crippen molar-refractivity contribution < 1.29 is 29.0 Å². The fourth-order valence-corrected chi connectivity index (χ4v) is 8.26. The fraction of sp³-hybridized carbons (Fsp3) is 0.792. The lowest BCUT2D eigenvalue weighted by atomic mass is 9.44. The second kappa shape index (κ2) is 6.41. The van der Waals surface area contributed by atoms with Crippen molar-refractivity contribution in [2.24, 2.45) is 34.5 Å². The molecule has 4 aliphatic carbocycles. The third-order valence-electron chi connectivity index (χ3n) is 9.74. The molecule has 0 amide bonds. The number of methoxy groups -OCH3 is 1. The van der Waals surface area contributed by atoms with E-state index in [2.05, 4.69) is 13.8 Å². The average molecular weight is 417 g/mol. The fourth-order valence-electron chi connectivity index (χ4n) is 8.26. The molecule has 0 aromatic carbocycles. The van der Waals surface area contributed by atoms with E-state index in [1.807, 2.05) is 6.08 Å². The van der Waals surface area contributed by atoms with E-state index in [0.29, 0.717) is 38.5 Å². The van der Waals surface area contributed by atoms with E-state index in [1.165, 1.54) is 7.11 Å². The van der Waals surface area contributed by atoms with Gasteiger partial charge in [-0.3, -0.25) is 14.4 Å². The molecular weight excluding hydrogens is 384 g/mol. The van der Waals surface area contributed by atoms with Gasteiger partial charge in [0.05, 0.1) is 19.1 Å². The van der Waals surface area contributed by atoms with Crippen LogP contribution >= 0.6 is 0 Å². The monoisotopic (exact) mass is 416 g/mol. The van der Waals surface area contributed by atoms with Crippen molar-refractivity contribution in [3.05, 3.63) is 11.6 Å². The van der Waals surface area contributed by atoms with Crippen LogP contribution in [-0.2, 0) is 23.9 Å². The number of ether oxygens (including phenoxy) is 2. The normalized spacial score (nSPS) is 49.7. The number of esters is 2. The largest absolute Gasteiger partial charge is 0.469 e. The molecule has 0 bridgehead atoms. The highest BCUT2D eigenvalue weighted by Crippen LogP contribution is 2.70. The van der Waals surface area contributed by atoms with Gasteiger partial charge in [-0.1, -0.05) is 25.5 Å². The predicted octanol–water partition coefficient (Wildman–Crippen LogP) is 2.96. The molecule has 6 nitrogen and oxygen atoms in total. The number of carbonyl (C=O) groups is 3. The molecule has 8 atom stereocenters. The molecule has 1 heterocycles. The Morgan fingerprint density at radius 3 is 2.63 bits per heavy atom. The van der Waals surface area contributed by atoms with Crippen LogP contribution in [0.3, 0.4) is 0 Å². The molecule has 1 spiro atoms. The van der Waals surface area contributed by atoms with Crippen molar-refractivity contribution in [2.45, 2.75) is 76.9 Å². The second-order valence-corrected chi connectivity index (χ2v) is 10.8. The number of hydrogen-bond donors (Lipinski definition) is 1. The summed E-state index contributed by atoms with van der Waals surface area (Å²) < 4.78 is 11.1. The zero-order valence-corrected chi connectivity index (χ0v) is 18.1. The first-order chi connectivity index (χ1) is 14.1. The molecule has 6 heteroatoms. The van der Waals surface area contributed by atoms with Gasteiger partial charge in [-0.2, -0.15) is 0 Å². The number of aliphatic hydroxyl groups is 1. The summed E-state index contributed by atoms with van der Waals surface area (Å²) in [5, 5.41) is 11.6. The van der Waals surface area contributed by atoms with Gasteiger partial charge >= 0.3 is 11.9 Å². The highest BCUT2D eigenvalue weighted by Gasteiger charge is 2.70. The van der Waals surface area contributed by atoms with Gasteiger partial charge in [0.1, 0.15) is 11.4 Å². The van der Waals surface area contributed by atoms with Gasteiger partial charge in [0.2, 0.25) is 0 Å². The van der Waals surface area contributed by atoms with Gasteiger partial charge in [-0.25, -0.2) is 0 Å². The molecule has 0 aromatic heterocycles. The molecule has 30 heavy (non-hydrogen) atoms. The molecule has 0 aromatic rings. The van der Waals surface area contributed by atoms with Crippen LogP contribution < -0.4 is 0 Å². The standard InChI is InChI=1S/C24H32O6/c1-22-7-4-14(25)10-13(22)11-15(21(28)29-3)19-16-5-8-24(9-6-18(27)30-24)23(16,2)12-17(26)20(19)22/h11,15-17,19-20,26H,4-10,12H2,1-3H3/t15-,16+,17-,19+,20?,22+,23+,24?/m1/s1. The van der Waals surface area contributed by atoms with E-state index in [9.17, 15) is 19.5 Å². The summed E-state index contributed by atoms with van der Waals surface area (Å²) in [5.74, 6) is -0.728. The number of Topliss-reactive ketones (excluding diaryl/α,β-unsaturated/α-hetero) is 1. The lowest BCUT2D eigenvalue weighted by molar-refractivity contribution is -0.192. The quantitative estimate of drug-likeness (QED) is 0.522. The maximum absolute atomic E-state index is 12.9. The number of hydrogen-bond acceptors (Lipinski definition) is 6. The van der Waals surface area contributed by atoms with Crippen molar-refractivity contribution in [1.82, 2.24) is 0 Å². The maximum Gasteiger partial charge on any atom is 0.312 e. The molecule has 164 valence electrons. The van der Waals surface area contributed by atoms with E-state index in [4.69, 9.17) is 9.47 Å². The van der Waals surface area contributed by atoms with Crippen molar-refractivity contribution in [3.8, 4) is 0 Å². The van der Waals surface area contributed by atoms with Crippen LogP contribution in [0, 0.1) is 34.5 Å². The first-order valence-corrected chi connectivity index (χ1v) is 11.4. The summed E-state index contributed by atoms with van der Waals surface area (Å²) in [6.45, 7) is 4.33. The van der Waals surface area contributed by atoms with E-state index in [1.54, 1.807) is 0 Å². The first-order valence-electron chi connectivity index (χ1n) is 11.4. The van der Waals surface area contributed by atoms with Gasteiger partial charge in [-0.15, -0.1) is 0 Å². The van der Waals surface area contributed by atoms with Crippen LogP contribution in [0.5, 0.6) is 0 Å². The van der Waals surface area contributed by atoms with Crippen LogP contribution in [0.2, 0.25) is 0 Å². The second-order valence-electron chi connectivity index (χ2n) is 10.8. The highest BCUT2D eigenvalue weighted by atomic mass is 16.6. The number of carbonyl (C=O) groups excluding carboxylic acids is 3. The molecule has 1 saturated heterocycles. The number of fused-ring (bicyclic) bond motifs is 6. The van der Waals surface area contributed by atoms with Crippen molar-refractivity contribution in [2.75, 3.05) is 7.11 Å². The maximum atomic E-state index is 12.9. The minimum Gasteiger partial charge on any atom is -0.469 e. The number of aliphatic hydroxyl groups excluding tert-OH is 1. The van der Waals surface area contributed by atoms with Crippen LogP contribution in [0.4, 0.5) is 0 Å². The molecule has 2 unspecified atom stereocenters. The lowest BCUT2D eigenvalue weighted by Gasteiger charge is -2.61. The van der Waals surface area contributed by atoms with Gasteiger partial charge in [0.15, 0.2) is 0 Å². The Morgan fingerprint density at radius 2 is 1.97 bits per heavy atom. The number of ketones is 1. The Labute approximate surface area is 177 Å². The summed E-state index contributed by atoms with van der Waals surface area (Å²) in [6, 6.07) is 0. The minimum absolute atomic E-state index is 0.0770. The SMILES string of the molecule is COC(=O)[C@@H]1C=C2CC(=O)CC[C@]2(C)C2[C@@H]1[C@@H]1CCC3(CCC(=O)O3)[C@@]1(C)C[C@H]2O. The highest BCUT2D eigenvalue weighted by molar-refractivity contribution is 5.84. The number of allylic oxidation sites excluding steroid dienone is 1. The van der Waals surface area contributed by atoms with Crippen LogP contribution in [0.25, 0.3) is 0 Å². The Morgan fingerprint density at radius 1 is 1.20 bits per heavy atom. The molecule has 5 rings (SSSR count). The topological polar surface area (TPSA) is 89.9 Å². The summed E-state index contributed by atoms with van der Waals surface area (Å²) in [4.78, 5) is 37.2. The zero-order chi connectivity index (χ0) is 21.5. The summed E-state index contributed by atoms with van der Waals surface area (Å²) in [5.41, 5.74) is -0.183. The minimum atomic E-state index is -0.611. The van der Waals surface area contributed by atoms with E-state index >= 15 is 0 Å². The molecule has 5 aliphatic rings. The van der Waals surface area contributed by atoms with E-state index < -0.39 is 17.6 Å². The third kappa shape index (κ3) is 2.43. The van der Waals surface area contributed by atoms with Crippen molar-refractivity contribution >= 4 is 17.7 Å². The van der Waals surface area contributed by atoms with Crippen molar-refractivity contribution in [3.63, 3.8) is 0 Å². The van der Waals surface area contributed by atoms with Crippen LogP contribution in [0.1, 0.15) is 65.2 Å². The molecule has 1 N–H and O–H groups in total. The number of rotatable bonds is 1.